The molecule has 3 rings (SSSR count). The summed E-state index contributed by atoms with van der Waals surface area (Å²) >= 11 is 0. The molecule has 144 valence electrons. The highest BCUT2D eigenvalue weighted by atomic mass is 16.5. The highest BCUT2D eigenvalue weighted by Crippen LogP contribution is 2.31. The van der Waals surface area contributed by atoms with Gasteiger partial charge in [-0.05, 0) is 43.2 Å². The van der Waals surface area contributed by atoms with Crippen LogP contribution in [0.1, 0.15) is 51.9 Å². The first kappa shape index (κ1) is 19.6. The van der Waals surface area contributed by atoms with Crippen LogP contribution in [0.2, 0.25) is 0 Å². The molecule has 27 heavy (non-hydrogen) atoms. The highest BCUT2D eigenvalue weighted by Gasteiger charge is 2.35. The number of rotatable bonds is 11. The Balaban J connectivity index is 1.45. The number of unbranched alkanes of at least 4 members (excludes halogenated alkanes) is 3. The van der Waals surface area contributed by atoms with Crippen molar-refractivity contribution >= 4 is 17.0 Å². The zero-order valence-corrected chi connectivity index (χ0v) is 16.3. The van der Waals surface area contributed by atoms with Crippen LogP contribution in [0.5, 0.6) is 5.75 Å². The molecule has 2 aromatic carbocycles. The zero-order valence-electron chi connectivity index (χ0n) is 16.3. The third-order valence-corrected chi connectivity index (χ3v) is 5.42. The number of aliphatic imine (C=N–C) groups is 1. The summed E-state index contributed by atoms with van der Waals surface area (Å²) in [6.07, 6.45) is 12.5. The topological polar surface area (TPSA) is 41.8 Å². The quantitative estimate of drug-likeness (QED) is 0.518. The fourth-order valence-corrected chi connectivity index (χ4v) is 3.80. The van der Waals surface area contributed by atoms with Gasteiger partial charge in [0.2, 0.25) is 0 Å². The SMILES string of the molecule is CCCCCC1(C(O)CCCCOc2cccc3ccccc23)C=CC=N1. The van der Waals surface area contributed by atoms with Crippen LogP contribution in [0.3, 0.4) is 0 Å². The van der Waals surface area contributed by atoms with Gasteiger partial charge >= 0.3 is 0 Å². The van der Waals surface area contributed by atoms with E-state index in [1.165, 1.54) is 18.2 Å². The summed E-state index contributed by atoms with van der Waals surface area (Å²) in [6.45, 7) is 2.87. The van der Waals surface area contributed by atoms with Gasteiger partial charge in [0.15, 0.2) is 0 Å². The highest BCUT2D eigenvalue weighted by molar-refractivity contribution is 5.88. The third kappa shape index (κ3) is 4.98. The predicted molar refractivity (Wildman–Crippen MR) is 114 cm³/mol. The van der Waals surface area contributed by atoms with Crippen LogP contribution >= 0.6 is 0 Å². The molecule has 1 aliphatic heterocycles. The van der Waals surface area contributed by atoms with E-state index in [0.717, 1.165) is 43.2 Å². The summed E-state index contributed by atoms with van der Waals surface area (Å²) in [5, 5.41) is 13.1. The van der Waals surface area contributed by atoms with Gasteiger partial charge in [-0.1, -0.05) is 68.7 Å². The molecule has 0 saturated carbocycles. The molecule has 0 aromatic heterocycles. The number of fused-ring (bicyclic) bond motifs is 1. The van der Waals surface area contributed by atoms with E-state index in [-0.39, 0.29) is 0 Å². The molecule has 0 amide bonds. The summed E-state index contributed by atoms with van der Waals surface area (Å²) in [5.41, 5.74) is -0.397. The van der Waals surface area contributed by atoms with Crippen molar-refractivity contribution in [2.75, 3.05) is 6.61 Å². The first-order valence-corrected chi connectivity index (χ1v) is 10.3. The summed E-state index contributed by atoms with van der Waals surface area (Å²) < 4.78 is 6.01. The van der Waals surface area contributed by atoms with Gasteiger partial charge in [0.05, 0.1) is 12.7 Å². The average Bonchev–Trinajstić information content (AvgIpc) is 3.18. The normalized spacial score (nSPS) is 19.6. The molecule has 0 fully saturated rings. The van der Waals surface area contributed by atoms with Gasteiger partial charge in [0.25, 0.3) is 0 Å². The largest absolute Gasteiger partial charge is 0.493 e. The number of hydrogen-bond donors (Lipinski definition) is 1. The Labute approximate surface area is 162 Å². The maximum atomic E-state index is 10.8. The van der Waals surface area contributed by atoms with E-state index in [1.807, 2.05) is 36.6 Å². The maximum Gasteiger partial charge on any atom is 0.127 e. The van der Waals surface area contributed by atoms with Crippen LogP contribution in [0, 0.1) is 0 Å². The second-order valence-corrected chi connectivity index (χ2v) is 7.42. The Morgan fingerprint density at radius 3 is 2.70 bits per heavy atom. The van der Waals surface area contributed by atoms with Crippen molar-refractivity contribution < 1.29 is 9.84 Å². The number of nitrogens with zero attached hydrogens (tertiary/aromatic N) is 1. The van der Waals surface area contributed by atoms with E-state index < -0.39 is 11.6 Å². The molecular weight excluding hydrogens is 334 g/mol. The molecule has 2 aromatic rings. The molecule has 1 aliphatic rings. The van der Waals surface area contributed by atoms with Crippen LogP contribution in [0.4, 0.5) is 0 Å². The van der Waals surface area contributed by atoms with Gasteiger partial charge in [-0.3, -0.25) is 4.99 Å². The second-order valence-electron chi connectivity index (χ2n) is 7.42. The first-order valence-electron chi connectivity index (χ1n) is 10.3. The lowest BCUT2D eigenvalue weighted by molar-refractivity contribution is 0.0931. The van der Waals surface area contributed by atoms with Crippen molar-refractivity contribution in [3.05, 3.63) is 54.6 Å². The predicted octanol–water partition coefficient (Wildman–Crippen LogP) is 5.71. The molecule has 0 spiro atoms. The summed E-state index contributed by atoms with van der Waals surface area (Å²) in [5.74, 6) is 0.938. The van der Waals surface area contributed by atoms with E-state index in [1.54, 1.807) is 0 Å². The monoisotopic (exact) mass is 365 g/mol. The lowest BCUT2D eigenvalue weighted by Gasteiger charge is -2.30. The van der Waals surface area contributed by atoms with Gasteiger partial charge in [-0.2, -0.15) is 0 Å². The first-order chi connectivity index (χ1) is 13.2. The Kier molecular flexibility index (Phi) is 7.05. The van der Waals surface area contributed by atoms with Crippen LogP contribution < -0.4 is 4.74 Å². The lowest BCUT2D eigenvalue weighted by atomic mass is 9.85. The van der Waals surface area contributed by atoms with E-state index >= 15 is 0 Å². The number of benzene rings is 2. The van der Waals surface area contributed by atoms with Crippen molar-refractivity contribution in [1.29, 1.82) is 0 Å². The summed E-state index contributed by atoms with van der Waals surface area (Å²) in [6, 6.07) is 14.4. The zero-order chi connectivity index (χ0) is 19.0. The molecule has 3 heteroatoms. The van der Waals surface area contributed by atoms with E-state index in [4.69, 9.17) is 4.74 Å². The van der Waals surface area contributed by atoms with Crippen molar-refractivity contribution in [3.8, 4) is 5.75 Å². The smallest absolute Gasteiger partial charge is 0.127 e. The van der Waals surface area contributed by atoms with Gasteiger partial charge in [-0.25, -0.2) is 0 Å². The van der Waals surface area contributed by atoms with Gasteiger partial charge < -0.3 is 9.84 Å². The number of ether oxygens (including phenoxy) is 1. The molecule has 2 atom stereocenters. The van der Waals surface area contributed by atoms with Crippen molar-refractivity contribution in [1.82, 2.24) is 0 Å². The minimum atomic E-state index is -0.415. The summed E-state index contributed by atoms with van der Waals surface area (Å²) in [4.78, 5) is 4.60. The van der Waals surface area contributed by atoms with Crippen molar-refractivity contribution in [2.45, 2.75) is 63.5 Å². The fourth-order valence-electron chi connectivity index (χ4n) is 3.80. The number of allylic oxidation sites excluding steroid dienone is 1. The molecule has 0 bridgehead atoms. The molecule has 0 saturated heterocycles. The average molecular weight is 366 g/mol. The van der Waals surface area contributed by atoms with Gasteiger partial charge in [0, 0.05) is 11.6 Å². The Hall–Kier alpha value is -2.13. The van der Waals surface area contributed by atoms with Crippen LogP contribution in [0.25, 0.3) is 10.8 Å². The van der Waals surface area contributed by atoms with E-state index in [2.05, 4.69) is 36.2 Å². The molecule has 0 radical (unpaired) electrons. The number of aliphatic hydroxyl groups is 1. The van der Waals surface area contributed by atoms with Crippen LogP contribution in [-0.2, 0) is 0 Å². The Morgan fingerprint density at radius 1 is 1.04 bits per heavy atom. The van der Waals surface area contributed by atoms with Crippen LogP contribution in [-0.4, -0.2) is 29.6 Å². The van der Waals surface area contributed by atoms with Gasteiger partial charge in [-0.15, -0.1) is 0 Å². The van der Waals surface area contributed by atoms with Gasteiger partial charge in [0.1, 0.15) is 11.3 Å². The van der Waals surface area contributed by atoms with Crippen molar-refractivity contribution in [3.63, 3.8) is 0 Å². The van der Waals surface area contributed by atoms with E-state index in [0.29, 0.717) is 6.61 Å². The third-order valence-electron chi connectivity index (χ3n) is 5.42. The fraction of sp³-hybridized carbons (Fsp3) is 0.458. The maximum absolute atomic E-state index is 10.8. The molecule has 1 N–H and O–H groups in total. The second kappa shape index (κ2) is 9.70. The molecule has 3 nitrogen and oxygen atoms in total. The molecule has 1 heterocycles. The minimum Gasteiger partial charge on any atom is -0.493 e. The van der Waals surface area contributed by atoms with E-state index in [9.17, 15) is 5.11 Å². The molecule has 0 aliphatic carbocycles. The number of aliphatic hydroxyl groups excluding tert-OH is 1. The number of hydrogen-bond acceptors (Lipinski definition) is 3. The van der Waals surface area contributed by atoms with Crippen LogP contribution in [0.15, 0.2) is 59.6 Å². The summed E-state index contributed by atoms with van der Waals surface area (Å²) in [7, 11) is 0. The molecule has 2 unspecified atom stereocenters. The Bertz CT molecular complexity index is 764. The minimum absolute atomic E-state index is 0.397. The molecular formula is C24H31NO2. The Morgan fingerprint density at radius 2 is 1.89 bits per heavy atom. The standard InChI is InChI=1S/C24H31NO2/c1-2-3-7-16-24(17-10-18-25-24)23(26)15-6-8-19-27-22-14-9-12-20-11-4-5-13-21(20)22/h4-5,9-14,17-18,23,26H,2-3,6-8,15-16,19H2,1H3. The lowest BCUT2D eigenvalue weighted by Crippen LogP contribution is -2.37. The van der Waals surface area contributed by atoms with Crippen molar-refractivity contribution in [2.24, 2.45) is 4.99 Å².